The van der Waals surface area contributed by atoms with Crippen LogP contribution >= 0.6 is 11.8 Å². The van der Waals surface area contributed by atoms with Gasteiger partial charge in [0, 0.05) is 20.1 Å². The Bertz CT molecular complexity index is 155. The van der Waals surface area contributed by atoms with Crippen molar-refractivity contribution in [2.24, 2.45) is 5.73 Å². The van der Waals surface area contributed by atoms with Gasteiger partial charge in [0.15, 0.2) is 0 Å². The standard InChI is InChI=1S/C9H19NO3S/c1-12-5-3-6-13-9(11)8(10)4-7-14-2/h8H,3-7,10H2,1-2H3/t8-/m0/s1. The fourth-order valence-electron chi connectivity index (χ4n) is 0.846. The van der Waals surface area contributed by atoms with Crippen molar-refractivity contribution in [3.8, 4) is 0 Å². The zero-order valence-electron chi connectivity index (χ0n) is 8.82. The summed E-state index contributed by atoms with van der Waals surface area (Å²) >= 11 is 1.67. The van der Waals surface area contributed by atoms with Crippen LogP contribution in [-0.2, 0) is 14.3 Å². The summed E-state index contributed by atoms with van der Waals surface area (Å²) < 4.78 is 9.77. The van der Waals surface area contributed by atoms with Gasteiger partial charge in [0.25, 0.3) is 0 Å². The van der Waals surface area contributed by atoms with Crippen LogP contribution in [0.5, 0.6) is 0 Å². The first-order valence-corrected chi connectivity index (χ1v) is 6.01. The van der Waals surface area contributed by atoms with Crippen molar-refractivity contribution >= 4 is 17.7 Å². The van der Waals surface area contributed by atoms with Crippen molar-refractivity contribution in [1.82, 2.24) is 0 Å². The SMILES string of the molecule is COCCCOC(=O)[C@@H](N)CCSC. The topological polar surface area (TPSA) is 61.5 Å². The highest BCUT2D eigenvalue weighted by molar-refractivity contribution is 7.98. The molecule has 0 aliphatic heterocycles. The van der Waals surface area contributed by atoms with Crippen LogP contribution in [0.15, 0.2) is 0 Å². The molecule has 5 heteroatoms. The number of esters is 1. The lowest BCUT2D eigenvalue weighted by molar-refractivity contribution is -0.145. The summed E-state index contributed by atoms with van der Waals surface area (Å²) in [7, 11) is 1.62. The molecule has 0 aliphatic carbocycles. The van der Waals surface area contributed by atoms with E-state index in [0.29, 0.717) is 19.6 Å². The molecule has 0 radical (unpaired) electrons. The molecule has 1 atom stereocenters. The number of carbonyl (C=O) groups excluding carboxylic acids is 1. The number of hydrogen-bond donors (Lipinski definition) is 1. The Hall–Kier alpha value is -0.260. The molecule has 4 nitrogen and oxygen atoms in total. The van der Waals surface area contributed by atoms with Gasteiger partial charge in [-0.15, -0.1) is 0 Å². The molecule has 0 spiro atoms. The van der Waals surface area contributed by atoms with Gasteiger partial charge in [-0.3, -0.25) is 4.79 Å². The summed E-state index contributed by atoms with van der Waals surface area (Å²) in [4.78, 5) is 11.2. The number of ether oxygens (including phenoxy) is 2. The Labute approximate surface area is 89.5 Å². The number of nitrogens with two attached hydrogens (primary N) is 1. The molecule has 14 heavy (non-hydrogen) atoms. The predicted octanol–water partition coefficient (Wildman–Crippen LogP) is 0.646. The van der Waals surface area contributed by atoms with Crippen LogP contribution in [0, 0.1) is 0 Å². The van der Waals surface area contributed by atoms with E-state index in [1.165, 1.54) is 0 Å². The first-order chi connectivity index (χ1) is 6.72. The molecule has 0 unspecified atom stereocenters. The maximum Gasteiger partial charge on any atom is 0.322 e. The second-order valence-corrected chi connectivity index (χ2v) is 3.89. The smallest absolute Gasteiger partial charge is 0.322 e. The molecule has 0 aromatic heterocycles. The lowest BCUT2D eigenvalue weighted by Gasteiger charge is -2.10. The fraction of sp³-hybridized carbons (Fsp3) is 0.889. The molecular weight excluding hydrogens is 202 g/mol. The van der Waals surface area contributed by atoms with Crippen molar-refractivity contribution in [1.29, 1.82) is 0 Å². The number of hydrogen-bond acceptors (Lipinski definition) is 5. The summed E-state index contributed by atoms with van der Waals surface area (Å²) in [6.45, 7) is 0.993. The van der Waals surface area contributed by atoms with Gasteiger partial charge in [-0.1, -0.05) is 0 Å². The summed E-state index contributed by atoms with van der Waals surface area (Å²) in [6, 6.07) is -0.481. The monoisotopic (exact) mass is 221 g/mol. The van der Waals surface area contributed by atoms with Gasteiger partial charge in [0.2, 0.25) is 0 Å². The van der Waals surface area contributed by atoms with E-state index in [1.807, 2.05) is 6.26 Å². The van der Waals surface area contributed by atoms with Crippen LogP contribution in [0.4, 0.5) is 0 Å². The van der Waals surface area contributed by atoms with Gasteiger partial charge in [-0.05, 0) is 18.4 Å². The van der Waals surface area contributed by atoms with Crippen LogP contribution in [0.2, 0.25) is 0 Å². The zero-order chi connectivity index (χ0) is 10.8. The van der Waals surface area contributed by atoms with Gasteiger partial charge in [0.05, 0.1) is 6.61 Å². The second kappa shape index (κ2) is 9.30. The molecule has 0 aliphatic rings. The van der Waals surface area contributed by atoms with Gasteiger partial charge >= 0.3 is 5.97 Å². The lowest BCUT2D eigenvalue weighted by atomic mass is 10.2. The molecule has 0 amide bonds. The molecule has 0 rings (SSSR count). The average Bonchev–Trinajstić information content (AvgIpc) is 2.20. The van der Waals surface area contributed by atoms with E-state index in [-0.39, 0.29) is 5.97 Å². The third kappa shape index (κ3) is 7.17. The van der Waals surface area contributed by atoms with E-state index < -0.39 is 6.04 Å². The fourth-order valence-corrected chi connectivity index (χ4v) is 1.34. The van der Waals surface area contributed by atoms with Gasteiger partial charge < -0.3 is 15.2 Å². The minimum absolute atomic E-state index is 0.310. The molecule has 0 bridgehead atoms. The van der Waals surface area contributed by atoms with Crippen LogP contribution in [0.25, 0.3) is 0 Å². The third-order valence-corrected chi connectivity index (χ3v) is 2.32. The van der Waals surface area contributed by atoms with Crippen molar-refractivity contribution < 1.29 is 14.3 Å². The highest BCUT2D eigenvalue weighted by atomic mass is 32.2. The highest BCUT2D eigenvalue weighted by Crippen LogP contribution is 2.00. The van der Waals surface area contributed by atoms with Gasteiger partial charge in [-0.25, -0.2) is 0 Å². The first kappa shape index (κ1) is 13.7. The van der Waals surface area contributed by atoms with E-state index in [9.17, 15) is 4.79 Å². The van der Waals surface area contributed by atoms with Gasteiger partial charge in [0.1, 0.15) is 6.04 Å². The van der Waals surface area contributed by atoms with Crippen molar-refractivity contribution in [3.63, 3.8) is 0 Å². The summed E-state index contributed by atoms with van der Waals surface area (Å²) in [5.74, 6) is 0.573. The predicted molar refractivity (Wildman–Crippen MR) is 58.4 cm³/mol. The number of rotatable bonds is 8. The Morgan fingerprint density at radius 3 is 2.79 bits per heavy atom. The maximum atomic E-state index is 11.2. The minimum Gasteiger partial charge on any atom is -0.464 e. The summed E-state index contributed by atoms with van der Waals surface area (Å²) in [5, 5.41) is 0. The molecule has 0 aromatic rings. The first-order valence-electron chi connectivity index (χ1n) is 4.62. The van der Waals surface area contributed by atoms with Crippen LogP contribution < -0.4 is 5.73 Å². The highest BCUT2D eigenvalue weighted by Gasteiger charge is 2.13. The molecule has 0 aromatic carbocycles. The van der Waals surface area contributed by atoms with E-state index >= 15 is 0 Å². The molecule has 84 valence electrons. The normalized spacial score (nSPS) is 12.5. The van der Waals surface area contributed by atoms with Crippen LogP contribution in [0.1, 0.15) is 12.8 Å². The molecule has 2 N–H and O–H groups in total. The molecule has 0 saturated carbocycles. The lowest BCUT2D eigenvalue weighted by Crippen LogP contribution is -2.33. The molecule has 0 heterocycles. The van der Waals surface area contributed by atoms with E-state index in [2.05, 4.69) is 0 Å². The Kier molecular flexibility index (Phi) is 9.13. The minimum atomic E-state index is -0.481. The summed E-state index contributed by atoms with van der Waals surface area (Å²) in [6.07, 6.45) is 3.37. The van der Waals surface area contributed by atoms with E-state index in [1.54, 1.807) is 18.9 Å². The third-order valence-electron chi connectivity index (χ3n) is 1.67. The van der Waals surface area contributed by atoms with Crippen LogP contribution in [-0.4, -0.2) is 44.3 Å². The molecule has 0 fully saturated rings. The number of carbonyl (C=O) groups is 1. The Morgan fingerprint density at radius 1 is 1.50 bits per heavy atom. The Morgan fingerprint density at radius 2 is 2.21 bits per heavy atom. The largest absolute Gasteiger partial charge is 0.464 e. The number of thioether (sulfide) groups is 1. The van der Waals surface area contributed by atoms with E-state index in [0.717, 1.165) is 12.2 Å². The number of methoxy groups -OCH3 is 1. The van der Waals surface area contributed by atoms with Crippen LogP contribution in [0.3, 0.4) is 0 Å². The van der Waals surface area contributed by atoms with Gasteiger partial charge in [-0.2, -0.15) is 11.8 Å². The molecule has 0 saturated heterocycles. The zero-order valence-corrected chi connectivity index (χ0v) is 9.64. The second-order valence-electron chi connectivity index (χ2n) is 2.90. The van der Waals surface area contributed by atoms with Crippen molar-refractivity contribution in [2.45, 2.75) is 18.9 Å². The average molecular weight is 221 g/mol. The van der Waals surface area contributed by atoms with Crippen molar-refractivity contribution in [2.75, 3.05) is 32.3 Å². The summed E-state index contributed by atoms with van der Waals surface area (Å²) in [5.41, 5.74) is 5.60. The Balaban J connectivity index is 3.42. The van der Waals surface area contributed by atoms with Crippen molar-refractivity contribution in [3.05, 3.63) is 0 Å². The molecular formula is C9H19NO3S. The van der Waals surface area contributed by atoms with E-state index in [4.69, 9.17) is 15.2 Å². The quantitative estimate of drug-likeness (QED) is 0.481. The maximum absolute atomic E-state index is 11.2.